The minimum absolute atomic E-state index is 0.107. The fourth-order valence-corrected chi connectivity index (χ4v) is 2.59. The molecule has 0 amide bonds. The zero-order chi connectivity index (χ0) is 15.1. The summed E-state index contributed by atoms with van der Waals surface area (Å²) in [6.45, 7) is 1.65. The van der Waals surface area contributed by atoms with Gasteiger partial charge in [0.1, 0.15) is 0 Å². The van der Waals surface area contributed by atoms with Crippen LogP contribution in [0.25, 0.3) is 0 Å². The first-order valence-electron chi connectivity index (χ1n) is 6.18. The van der Waals surface area contributed by atoms with Gasteiger partial charge in [0.25, 0.3) is 0 Å². The number of aliphatic carboxylic acids is 1. The van der Waals surface area contributed by atoms with Crippen LogP contribution in [0.3, 0.4) is 0 Å². The SMILES string of the molecule is Cc1cc(CN2CCC(C(=O)O)(C(F)(F)F)C2)n(C)n1. The number of carboxylic acid groups (broad SMARTS) is 1. The van der Waals surface area contributed by atoms with Crippen LogP contribution in [0.4, 0.5) is 13.2 Å². The number of rotatable bonds is 3. The van der Waals surface area contributed by atoms with E-state index in [4.69, 9.17) is 5.11 Å². The molecular formula is C12H16F3N3O2. The molecule has 1 aliphatic heterocycles. The summed E-state index contributed by atoms with van der Waals surface area (Å²) < 4.78 is 40.7. The van der Waals surface area contributed by atoms with Crippen LogP contribution >= 0.6 is 0 Å². The Morgan fingerprint density at radius 3 is 2.60 bits per heavy atom. The van der Waals surface area contributed by atoms with Gasteiger partial charge in [-0.25, -0.2) is 0 Å². The number of likely N-dealkylation sites (tertiary alicyclic amines) is 1. The Balaban J connectivity index is 2.15. The number of nitrogens with zero attached hydrogens (tertiary/aromatic N) is 3. The zero-order valence-electron chi connectivity index (χ0n) is 11.2. The molecule has 1 unspecified atom stereocenters. The van der Waals surface area contributed by atoms with Crippen LogP contribution in [-0.2, 0) is 18.4 Å². The Morgan fingerprint density at radius 2 is 2.20 bits per heavy atom. The smallest absolute Gasteiger partial charge is 0.406 e. The van der Waals surface area contributed by atoms with Crippen LogP contribution in [-0.4, -0.2) is 45.0 Å². The molecule has 1 atom stereocenters. The summed E-state index contributed by atoms with van der Waals surface area (Å²) in [6.07, 6.45) is -5.15. The maximum absolute atomic E-state index is 13.0. The second-order valence-electron chi connectivity index (χ2n) is 5.25. The van der Waals surface area contributed by atoms with E-state index in [2.05, 4.69) is 5.10 Å². The average Bonchev–Trinajstić information content (AvgIpc) is 2.84. The van der Waals surface area contributed by atoms with E-state index in [0.717, 1.165) is 11.4 Å². The first-order chi connectivity index (χ1) is 9.15. The maximum atomic E-state index is 13.0. The molecule has 2 heterocycles. The molecule has 0 bridgehead atoms. The molecule has 0 aromatic carbocycles. The second-order valence-corrected chi connectivity index (χ2v) is 5.25. The molecule has 0 saturated carbocycles. The standard InChI is InChI=1S/C12H16F3N3O2/c1-8-5-9(17(2)16-8)6-18-4-3-11(7-18,10(19)20)12(13,14)15/h5H,3-4,6-7H2,1-2H3,(H,19,20). The molecule has 1 aromatic heterocycles. The topological polar surface area (TPSA) is 58.4 Å². The predicted octanol–water partition coefficient (Wildman–Crippen LogP) is 1.57. The van der Waals surface area contributed by atoms with Crippen LogP contribution in [0.1, 0.15) is 17.8 Å². The fraction of sp³-hybridized carbons (Fsp3) is 0.667. The molecule has 5 nitrogen and oxygen atoms in total. The molecule has 1 N–H and O–H groups in total. The molecule has 0 radical (unpaired) electrons. The van der Waals surface area contributed by atoms with Crippen molar-refractivity contribution in [1.29, 1.82) is 0 Å². The third-order valence-corrected chi connectivity index (χ3v) is 3.78. The number of aryl methyl sites for hydroxylation is 2. The van der Waals surface area contributed by atoms with Gasteiger partial charge < -0.3 is 5.11 Å². The van der Waals surface area contributed by atoms with Crippen molar-refractivity contribution in [2.75, 3.05) is 13.1 Å². The van der Waals surface area contributed by atoms with Gasteiger partial charge in [0, 0.05) is 26.7 Å². The van der Waals surface area contributed by atoms with Crippen molar-refractivity contribution < 1.29 is 23.1 Å². The Kier molecular flexibility index (Phi) is 3.53. The summed E-state index contributed by atoms with van der Waals surface area (Å²) in [5, 5.41) is 13.1. The lowest BCUT2D eigenvalue weighted by Crippen LogP contribution is -2.47. The first kappa shape index (κ1) is 14.8. The van der Waals surface area contributed by atoms with E-state index in [9.17, 15) is 18.0 Å². The number of hydrogen-bond acceptors (Lipinski definition) is 3. The molecule has 1 aromatic rings. The molecule has 1 fully saturated rings. The van der Waals surface area contributed by atoms with Gasteiger partial charge in [0.15, 0.2) is 5.41 Å². The number of hydrogen-bond donors (Lipinski definition) is 1. The quantitative estimate of drug-likeness (QED) is 0.918. The third-order valence-electron chi connectivity index (χ3n) is 3.78. The highest BCUT2D eigenvalue weighted by Gasteiger charge is 2.63. The second kappa shape index (κ2) is 4.76. The highest BCUT2D eigenvalue weighted by molar-refractivity contribution is 5.76. The Morgan fingerprint density at radius 1 is 1.55 bits per heavy atom. The van der Waals surface area contributed by atoms with E-state index < -0.39 is 30.5 Å². The van der Waals surface area contributed by atoms with Crippen molar-refractivity contribution >= 4 is 5.97 Å². The van der Waals surface area contributed by atoms with Gasteiger partial charge in [-0.15, -0.1) is 0 Å². The molecule has 20 heavy (non-hydrogen) atoms. The van der Waals surface area contributed by atoms with Crippen molar-refractivity contribution in [2.24, 2.45) is 12.5 Å². The lowest BCUT2D eigenvalue weighted by molar-refractivity contribution is -0.227. The minimum atomic E-state index is -4.74. The Labute approximate surface area is 114 Å². The highest BCUT2D eigenvalue weighted by atomic mass is 19.4. The summed E-state index contributed by atoms with van der Waals surface area (Å²) in [5.41, 5.74) is -1.10. The van der Waals surface area contributed by atoms with Crippen molar-refractivity contribution in [3.63, 3.8) is 0 Å². The summed E-state index contributed by atoms with van der Waals surface area (Å²) in [6, 6.07) is 1.79. The number of carbonyl (C=O) groups is 1. The van der Waals surface area contributed by atoms with Crippen LogP contribution < -0.4 is 0 Å². The van der Waals surface area contributed by atoms with Gasteiger partial charge in [-0.3, -0.25) is 14.4 Å². The molecule has 8 heteroatoms. The fourth-order valence-electron chi connectivity index (χ4n) is 2.59. The lowest BCUT2D eigenvalue weighted by atomic mass is 9.86. The number of alkyl halides is 3. The van der Waals surface area contributed by atoms with Crippen LogP contribution in [0.5, 0.6) is 0 Å². The zero-order valence-corrected chi connectivity index (χ0v) is 11.2. The van der Waals surface area contributed by atoms with Gasteiger partial charge in [-0.1, -0.05) is 0 Å². The van der Waals surface area contributed by atoms with Gasteiger partial charge in [0.2, 0.25) is 0 Å². The lowest BCUT2D eigenvalue weighted by Gasteiger charge is -2.27. The van der Waals surface area contributed by atoms with E-state index in [1.807, 2.05) is 0 Å². The largest absolute Gasteiger partial charge is 0.481 e. The minimum Gasteiger partial charge on any atom is -0.481 e. The van der Waals surface area contributed by atoms with Crippen LogP contribution in [0.15, 0.2) is 6.07 Å². The van der Waals surface area contributed by atoms with Crippen molar-refractivity contribution in [2.45, 2.75) is 26.1 Å². The molecule has 2 rings (SSSR count). The van der Waals surface area contributed by atoms with E-state index in [0.29, 0.717) is 0 Å². The van der Waals surface area contributed by atoms with E-state index >= 15 is 0 Å². The van der Waals surface area contributed by atoms with Gasteiger partial charge in [0.05, 0.1) is 11.4 Å². The summed E-state index contributed by atoms with van der Waals surface area (Å²) in [7, 11) is 1.71. The molecular weight excluding hydrogens is 275 g/mol. The van der Waals surface area contributed by atoms with E-state index in [1.54, 1.807) is 24.7 Å². The number of halogens is 3. The van der Waals surface area contributed by atoms with E-state index in [-0.39, 0.29) is 13.1 Å². The van der Waals surface area contributed by atoms with Crippen LogP contribution in [0, 0.1) is 12.3 Å². The predicted molar refractivity (Wildman–Crippen MR) is 64.0 cm³/mol. The van der Waals surface area contributed by atoms with Crippen molar-refractivity contribution in [3.05, 3.63) is 17.5 Å². The Hall–Kier alpha value is -1.57. The van der Waals surface area contributed by atoms with Crippen molar-refractivity contribution in [3.8, 4) is 0 Å². The molecule has 0 aliphatic carbocycles. The number of aromatic nitrogens is 2. The van der Waals surface area contributed by atoms with Gasteiger partial charge in [-0.05, 0) is 19.4 Å². The molecule has 112 valence electrons. The highest BCUT2D eigenvalue weighted by Crippen LogP contribution is 2.45. The Bertz CT molecular complexity index is 527. The van der Waals surface area contributed by atoms with Crippen molar-refractivity contribution in [1.82, 2.24) is 14.7 Å². The average molecular weight is 291 g/mol. The maximum Gasteiger partial charge on any atom is 0.406 e. The van der Waals surface area contributed by atoms with Gasteiger partial charge in [-0.2, -0.15) is 18.3 Å². The summed E-state index contributed by atoms with van der Waals surface area (Å²) >= 11 is 0. The van der Waals surface area contributed by atoms with Gasteiger partial charge >= 0.3 is 12.1 Å². The van der Waals surface area contributed by atoms with E-state index in [1.165, 1.54) is 4.90 Å². The first-order valence-corrected chi connectivity index (χ1v) is 6.18. The number of carboxylic acids is 1. The monoisotopic (exact) mass is 291 g/mol. The normalized spacial score (nSPS) is 24.2. The summed E-state index contributed by atoms with van der Waals surface area (Å²) in [5.74, 6) is -1.80. The molecule has 1 aliphatic rings. The van der Waals surface area contributed by atoms with Crippen LogP contribution in [0.2, 0.25) is 0 Å². The molecule has 1 saturated heterocycles. The molecule has 0 spiro atoms. The summed E-state index contributed by atoms with van der Waals surface area (Å²) in [4.78, 5) is 12.6. The third kappa shape index (κ3) is 2.39.